The van der Waals surface area contributed by atoms with Crippen LogP contribution in [-0.2, 0) is 9.47 Å². The summed E-state index contributed by atoms with van der Waals surface area (Å²) >= 11 is 12.1. The summed E-state index contributed by atoms with van der Waals surface area (Å²) in [5.41, 5.74) is 0. The molecule has 1 aromatic carbocycles. The zero-order valence-electron chi connectivity index (χ0n) is 15.0. The van der Waals surface area contributed by atoms with Crippen LogP contribution in [0.25, 0.3) is 0 Å². The van der Waals surface area contributed by atoms with Crippen molar-refractivity contribution in [1.82, 2.24) is 10.6 Å². The Morgan fingerprint density at radius 2 is 1.67 bits per heavy atom. The molecule has 4 atom stereocenters. The first-order chi connectivity index (χ1) is 13.1. The molecule has 8 heteroatoms. The van der Waals surface area contributed by atoms with Crippen molar-refractivity contribution in [2.45, 2.75) is 62.5 Å². The number of amides is 2. The van der Waals surface area contributed by atoms with Gasteiger partial charge in [0.05, 0.1) is 19.3 Å². The monoisotopic (exact) mass is 414 g/mol. The van der Waals surface area contributed by atoms with Crippen molar-refractivity contribution in [3.63, 3.8) is 0 Å². The van der Waals surface area contributed by atoms with Gasteiger partial charge in [-0.05, 0) is 31.0 Å². The van der Waals surface area contributed by atoms with E-state index in [9.17, 15) is 4.79 Å². The summed E-state index contributed by atoms with van der Waals surface area (Å²) < 4.78 is 17.7. The number of benzene rings is 1. The Kier molecular flexibility index (Phi) is 5.97. The number of hydrogen-bond donors (Lipinski definition) is 2. The van der Waals surface area contributed by atoms with Gasteiger partial charge in [-0.1, -0.05) is 42.5 Å². The van der Waals surface area contributed by atoms with E-state index in [1.54, 1.807) is 18.2 Å². The van der Waals surface area contributed by atoms with Crippen molar-refractivity contribution in [2.75, 3.05) is 13.2 Å². The van der Waals surface area contributed by atoms with Crippen LogP contribution in [0, 0.1) is 0 Å². The first-order valence-corrected chi connectivity index (χ1v) is 10.3. The van der Waals surface area contributed by atoms with E-state index >= 15 is 0 Å². The number of nitrogens with one attached hydrogen (secondary N) is 2. The molecular formula is C19H24Cl2N2O4. The summed E-state index contributed by atoms with van der Waals surface area (Å²) in [5.74, 6) is 0.580. The third-order valence-corrected chi connectivity index (χ3v) is 5.82. The molecule has 0 aromatic heterocycles. The highest BCUT2D eigenvalue weighted by molar-refractivity contribution is 6.34. The topological polar surface area (TPSA) is 68.8 Å². The highest BCUT2D eigenvalue weighted by Gasteiger charge is 2.49. The Morgan fingerprint density at radius 1 is 0.963 bits per heavy atom. The number of carbonyl (C=O) groups excluding carboxylic acids is 1. The summed E-state index contributed by atoms with van der Waals surface area (Å²) in [6, 6.07) is 5.01. The van der Waals surface area contributed by atoms with Crippen LogP contribution in [0.2, 0.25) is 10.0 Å². The van der Waals surface area contributed by atoms with Gasteiger partial charge in [-0.15, -0.1) is 0 Å². The molecule has 3 aliphatic rings. The number of carbonyl (C=O) groups is 1. The Morgan fingerprint density at radius 3 is 2.41 bits per heavy atom. The van der Waals surface area contributed by atoms with Crippen molar-refractivity contribution >= 4 is 29.2 Å². The van der Waals surface area contributed by atoms with E-state index < -0.39 is 0 Å². The van der Waals surface area contributed by atoms with Crippen molar-refractivity contribution in [3.8, 4) is 5.75 Å². The molecule has 148 valence electrons. The second-order valence-electron chi connectivity index (χ2n) is 7.42. The Bertz CT molecular complexity index is 663. The maximum atomic E-state index is 12.3. The summed E-state index contributed by atoms with van der Waals surface area (Å²) in [6.07, 6.45) is 5.00. The minimum atomic E-state index is -0.266. The average Bonchev–Trinajstić information content (AvgIpc) is 3.19. The minimum Gasteiger partial charge on any atom is -0.485 e. The summed E-state index contributed by atoms with van der Waals surface area (Å²) in [4.78, 5) is 12.3. The zero-order chi connectivity index (χ0) is 18.8. The predicted molar refractivity (Wildman–Crippen MR) is 103 cm³/mol. The van der Waals surface area contributed by atoms with Gasteiger partial charge in [-0.2, -0.15) is 0 Å². The molecular weight excluding hydrogens is 391 g/mol. The Labute approximate surface area is 168 Å². The minimum absolute atomic E-state index is 0.147. The molecule has 2 N–H and O–H groups in total. The third kappa shape index (κ3) is 4.62. The smallest absolute Gasteiger partial charge is 0.315 e. The fraction of sp³-hybridized carbons (Fsp3) is 0.632. The molecule has 1 aliphatic carbocycles. The van der Waals surface area contributed by atoms with Crippen molar-refractivity contribution in [3.05, 3.63) is 28.2 Å². The van der Waals surface area contributed by atoms with Crippen LogP contribution in [0.4, 0.5) is 4.79 Å². The lowest BCUT2D eigenvalue weighted by atomic mass is 9.96. The maximum Gasteiger partial charge on any atom is 0.315 e. The van der Waals surface area contributed by atoms with Crippen molar-refractivity contribution in [2.24, 2.45) is 0 Å². The molecule has 6 nitrogen and oxygen atoms in total. The molecule has 0 spiro atoms. The lowest BCUT2D eigenvalue weighted by Crippen LogP contribution is -2.51. The molecule has 27 heavy (non-hydrogen) atoms. The van der Waals surface area contributed by atoms with Gasteiger partial charge in [0, 0.05) is 16.1 Å². The molecule has 0 unspecified atom stereocenters. The van der Waals surface area contributed by atoms with E-state index in [0.717, 1.165) is 12.8 Å². The fourth-order valence-corrected chi connectivity index (χ4v) is 4.61. The van der Waals surface area contributed by atoms with Crippen molar-refractivity contribution in [1.29, 1.82) is 0 Å². The predicted octanol–water partition coefficient (Wildman–Crippen LogP) is 3.54. The number of urea groups is 1. The van der Waals surface area contributed by atoms with Crippen LogP contribution in [0.3, 0.4) is 0 Å². The lowest BCUT2D eigenvalue weighted by Gasteiger charge is -2.24. The summed E-state index contributed by atoms with van der Waals surface area (Å²) in [5, 5.41) is 7.10. The quantitative estimate of drug-likeness (QED) is 0.790. The molecule has 2 heterocycles. The summed E-state index contributed by atoms with van der Waals surface area (Å²) in [6.45, 7) is 0.797. The van der Waals surface area contributed by atoms with Crippen LogP contribution < -0.4 is 15.4 Å². The number of halogens is 2. The second kappa shape index (κ2) is 8.43. The van der Waals surface area contributed by atoms with Crippen LogP contribution >= 0.6 is 23.2 Å². The molecule has 0 radical (unpaired) electrons. The molecule has 2 aliphatic heterocycles. The van der Waals surface area contributed by atoms with E-state index in [1.807, 2.05) is 0 Å². The zero-order valence-corrected chi connectivity index (χ0v) is 16.5. The molecule has 2 amide bonds. The van der Waals surface area contributed by atoms with Crippen LogP contribution in [0.1, 0.15) is 32.1 Å². The first-order valence-electron chi connectivity index (χ1n) is 9.51. The van der Waals surface area contributed by atoms with Gasteiger partial charge >= 0.3 is 6.03 Å². The van der Waals surface area contributed by atoms with Crippen molar-refractivity contribution < 1.29 is 19.0 Å². The van der Waals surface area contributed by atoms with E-state index in [4.69, 9.17) is 37.4 Å². The highest BCUT2D eigenvalue weighted by Crippen LogP contribution is 2.32. The maximum absolute atomic E-state index is 12.3. The first kappa shape index (κ1) is 19.1. The number of rotatable bonds is 4. The van der Waals surface area contributed by atoms with Crippen LogP contribution in [0.15, 0.2) is 18.2 Å². The van der Waals surface area contributed by atoms with Gasteiger partial charge in [-0.25, -0.2) is 4.79 Å². The second-order valence-corrected chi connectivity index (χ2v) is 8.29. The number of fused-ring (bicyclic) bond motifs is 1. The molecule has 1 saturated carbocycles. The SMILES string of the molecule is O=C(NC1CCCCC1)N[C@H]1CO[C@H]2[C@@H]1OC[C@@H]2Oc1cc(Cl)cc(Cl)c1. The third-order valence-electron chi connectivity index (χ3n) is 5.39. The Balaban J connectivity index is 1.31. The van der Waals surface area contributed by atoms with Gasteiger partial charge in [0.25, 0.3) is 0 Å². The van der Waals surface area contributed by atoms with Gasteiger partial charge in [-0.3, -0.25) is 0 Å². The number of hydrogen-bond acceptors (Lipinski definition) is 4. The lowest BCUT2D eigenvalue weighted by molar-refractivity contribution is 0.0304. The summed E-state index contributed by atoms with van der Waals surface area (Å²) in [7, 11) is 0. The van der Waals surface area contributed by atoms with Gasteiger partial charge < -0.3 is 24.8 Å². The van der Waals surface area contributed by atoms with E-state index in [2.05, 4.69) is 10.6 Å². The molecule has 0 bridgehead atoms. The molecule has 2 saturated heterocycles. The van der Waals surface area contributed by atoms with E-state index in [-0.39, 0.29) is 36.4 Å². The Hall–Kier alpha value is -1.21. The molecule has 4 rings (SSSR count). The van der Waals surface area contributed by atoms with Crippen LogP contribution in [-0.4, -0.2) is 49.6 Å². The highest BCUT2D eigenvalue weighted by atomic mass is 35.5. The normalized spacial score (nSPS) is 30.7. The molecule has 1 aromatic rings. The largest absolute Gasteiger partial charge is 0.485 e. The van der Waals surface area contributed by atoms with E-state index in [1.165, 1.54) is 19.3 Å². The average molecular weight is 415 g/mol. The van der Waals surface area contributed by atoms with Gasteiger partial charge in [0.15, 0.2) is 6.10 Å². The van der Waals surface area contributed by atoms with Gasteiger partial charge in [0.2, 0.25) is 0 Å². The molecule has 3 fully saturated rings. The van der Waals surface area contributed by atoms with E-state index in [0.29, 0.717) is 29.0 Å². The fourth-order valence-electron chi connectivity index (χ4n) is 4.10. The standard InChI is InChI=1S/C19H24Cl2N2O4/c20-11-6-12(21)8-14(7-11)27-16-10-26-17-15(9-25-18(16)17)23-19(24)22-13-4-2-1-3-5-13/h6-8,13,15-18H,1-5,9-10H2,(H2,22,23,24)/t15-,16-,17+,18+/m0/s1. The van der Waals surface area contributed by atoms with Crippen LogP contribution in [0.5, 0.6) is 5.75 Å². The number of ether oxygens (including phenoxy) is 3. The van der Waals surface area contributed by atoms with Gasteiger partial charge in [0.1, 0.15) is 18.0 Å².